The second kappa shape index (κ2) is 7.80. The minimum absolute atomic E-state index is 0.490. The van der Waals surface area contributed by atoms with Crippen molar-refractivity contribution >= 4 is 0 Å². The van der Waals surface area contributed by atoms with Gasteiger partial charge in [0.05, 0.1) is 0 Å². The van der Waals surface area contributed by atoms with Gasteiger partial charge in [-0.15, -0.1) is 0 Å². The van der Waals surface area contributed by atoms with Gasteiger partial charge in [0.15, 0.2) is 0 Å². The lowest BCUT2D eigenvalue weighted by molar-refractivity contribution is 0.199. The van der Waals surface area contributed by atoms with Crippen LogP contribution in [0.25, 0.3) is 0 Å². The van der Waals surface area contributed by atoms with Crippen molar-refractivity contribution in [2.75, 3.05) is 26.7 Å². The van der Waals surface area contributed by atoms with Crippen LogP contribution in [0.5, 0.6) is 0 Å². The first-order valence-corrected chi connectivity index (χ1v) is 8.17. The molecule has 1 atom stereocenters. The Morgan fingerprint density at radius 3 is 2.50 bits per heavy atom. The zero-order chi connectivity index (χ0) is 14.4. The molecule has 0 spiro atoms. The van der Waals surface area contributed by atoms with Crippen LogP contribution >= 0.6 is 0 Å². The van der Waals surface area contributed by atoms with Crippen molar-refractivity contribution in [2.45, 2.75) is 45.6 Å². The largest absolute Gasteiger partial charge is 0.310 e. The quantitative estimate of drug-likeness (QED) is 0.776. The van der Waals surface area contributed by atoms with E-state index in [2.05, 4.69) is 55.4 Å². The summed E-state index contributed by atoms with van der Waals surface area (Å²) < 4.78 is 0. The van der Waals surface area contributed by atoms with Crippen molar-refractivity contribution in [1.29, 1.82) is 0 Å². The number of hydrogen-bond acceptors (Lipinski definition) is 2. The summed E-state index contributed by atoms with van der Waals surface area (Å²) in [4.78, 5) is 2.52. The summed E-state index contributed by atoms with van der Waals surface area (Å²) in [7, 11) is 2.27. The van der Waals surface area contributed by atoms with E-state index in [1.54, 1.807) is 0 Å². The minimum Gasteiger partial charge on any atom is -0.310 e. The zero-order valence-electron chi connectivity index (χ0n) is 13.4. The molecule has 0 radical (unpaired) electrons. The van der Waals surface area contributed by atoms with Crippen molar-refractivity contribution in [2.24, 2.45) is 5.92 Å². The first kappa shape index (κ1) is 15.5. The van der Waals surface area contributed by atoms with Crippen LogP contribution in [0, 0.1) is 12.8 Å². The fourth-order valence-corrected chi connectivity index (χ4v) is 2.99. The second-order valence-corrected chi connectivity index (χ2v) is 6.37. The molecule has 0 aliphatic heterocycles. The number of rotatable bonds is 8. The van der Waals surface area contributed by atoms with E-state index in [9.17, 15) is 0 Å². The van der Waals surface area contributed by atoms with Crippen LogP contribution in [-0.4, -0.2) is 31.6 Å². The Hall–Kier alpha value is -0.860. The first-order chi connectivity index (χ1) is 9.69. The normalized spacial score (nSPS) is 17.2. The fraction of sp³-hybridized carbons (Fsp3) is 0.667. The summed E-state index contributed by atoms with van der Waals surface area (Å²) in [6, 6.07) is 9.48. The summed E-state index contributed by atoms with van der Waals surface area (Å²) in [5, 5.41) is 3.63. The molecule has 1 N–H and O–H groups in total. The molecule has 1 aliphatic rings. The van der Waals surface area contributed by atoms with Crippen LogP contribution < -0.4 is 5.32 Å². The molecular weight excluding hydrogens is 244 g/mol. The molecule has 1 aliphatic carbocycles. The smallest absolute Gasteiger partial charge is 0.0332 e. The second-order valence-electron chi connectivity index (χ2n) is 6.37. The molecule has 1 aromatic rings. The third kappa shape index (κ3) is 4.60. The average Bonchev–Trinajstić information content (AvgIpc) is 2.40. The Morgan fingerprint density at radius 2 is 1.95 bits per heavy atom. The molecule has 0 bridgehead atoms. The van der Waals surface area contributed by atoms with Crippen LogP contribution in [0.15, 0.2) is 24.3 Å². The highest BCUT2D eigenvalue weighted by Gasteiger charge is 2.19. The van der Waals surface area contributed by atoms with Crippen molar-refractivity contribution in [1.82, 2.24) is 10.2 Å². The molecule has 2 rings (SSSR count). The van der Waals surface area contributed by atoms with E-state index >= 15 is 0 Å². The molecule has 20 heavy (non-hydrogen) atoms. The van der Waals surface area contributed by atoms with Crippen LogP contribution in [0.1, 0.15) is 49.8 Å². The molecule has 0 heterocycles. The third-order valence-corrected chi connectivity index (χ3v) is 4.52. The maximum atomic E-state index is 3.63. The van der Waals surface area contributed by atoms with Crippen LogP contribution in [0.2, 0.25) is 0 Å². The van der Waals surface area contributed by atoms with Gasteiger partial charge in [0, 0.05) is 12.6 Å². The Labute approximate surface area is 124 Å². The van der Waals surface area contributed by atoms with E-state index < -0.39 is 0 Å². The van der Waals surface area contributed by atoms with E-state index in [4.69, 9.17) is 0 Å². The first-order valence-electron chi connectivity index (χ1n) is 8.17. The summed E-state index contributed by atoms with van der Waals surface area (Å²) in [5.41, 5.74) is 2.76. The molecule has 1 fully saturated rings. The minimum atomic E-state index is 0.490. The summed E-state index contributed by atoms with van der Waals surface area (Å²) in [6.07, 6.45) is 5.53. The Morgan fingerprint density at radius 1 is 1.25 bits per heavy atom. The topological polar surface area (TPSA) is 15.3 Å². The van der Waals surface area contributed by atoms with E-state index in [0.717, 1.165) is 12.5 Å². The van der Waals surface area contributed by atoms with Crippen LogP contribution in [0.3, 0.4) is 0 Å². The fourth-order valence-electron chi connectivity index (χ4n) is 2.99. The van der Waals surface area contributed by atoms with Gasteiger partial charge in [-0.1, -0.05) is 43.2 Å². The predicted octanol–water partition coefficient (Wildman–Crippen LogP) is 3.77. The molecule has 1 aromatic carbocycles. The number of nitrogens with zero attached hydrogens (tertiary/aromatic N) is 1. The summed E-state index contributed by atoms with van der Waals surface area (Å²) in [5.74, 6) is 0.969. The Kier molecular flexibility index (Phi) is 6.06. The number of aryl methyl sites for hydroxylation is 1. The van der Waals surface area contributed by atoms with E-state index in [-0.39, 0.29) is 0 Å². The van der Waals surface area contributed by atoms with Gasteiger partial charge in [-0.05, 0) is 57.8 Å². The van der Waals surface area contributed by atoms with Gasteiger partial charge in [-0.2, -0.15) is 0 Å². The van der Waals surface area contributed by atoms with Crippen molar-refractivity contribution < 1.29 is 0 Å². The number of benzene rings is 1. The van der Waals surface area contributed by atoms with Gasteiger partial charge in [-0.3, -0.25) is 0 Å². The van der Waals surface area contributed by atoms with E-state index in [1.165, 1.54) is 49.9 Å². The van der Waals surface area contributed by atoms with Crippen molar-refractivity contribution in [3.05, 3.63) is 35.4 Å². The van der Waals surface area contributed by atoms with Crippen molar-refractivity contribution in [3.8, 4) is 0 Å². The Bertz CT molecular complexity index is 381. The molecule has 2 nitrogen and oxygen atoms in total. The molecule has 1 saturated carbocycles. The summed E-state index contributed by atoms with van der Waals surface area (Å²) in [6.45, 7) is 7.84. The highest BCUT2D eigenvalue weighted by Crippen LogP contribution is 2.27. The molecule has 0 saturated heterocycles. The predicted molar refractivity (Wildman–Crippen MR) is 87.1 cm³/mol. The van der Waals surface area contributed by atoms with Gasteiger partial charge >= 0.3 is 0 Å². The van der Waals surface area contributed by atoms with Gasteiger partial charge in [0.1, 0.15) is 0 Å². The standard InChI is InChI=1S/C18H30N2/c1-4-19-18(17-10-8-15(2)9-11-17)12-13-20(3)14-16-6-5-7-16/h8-11,16,18-19H,4-7,12-14H2,1-3H3. The highest BCUT2D eigenvalue weighted by molar-refractivity contribution is 5.24. The van der Waals surface area contributed by atoms with Gasteiger partial charge in [-0.25, -0.2) is 0 Å². The van der Waals surface area contributed by atoms with Crippen LogP contribution in [0.4, 0.5) is 0 Å². The van der Waals surface area contributed by atoms with Crippen molar-refractivity contribution in [3.63, 3.8) is 0 Å². The molecule has 1 unspecified atom stereocenters. The molecule has 0 amide bonds. The van der Waals surface area contributed by atoms with Gasteiger partial charge in [0.2, 0.25) is 0 Å². The Balaban J connectivity index is 1.83. The lowest BCUT2D eigenvalue weighted by atomic mass is 9.85. The maximum absolute atomic E-state index is 3.63. The van der Waals surface area contributed by atoms with E-state index in [1.807, 2.05) is 0 Å². The van der Waals surface area contributed by atoms with Gasteiger partial charge in [0.25, 0.3) is 0 Å². The monoisotopic (exact) mass is 274 g/mol. The number of hydrogen-bond donors (Lipinski definition) is 1. The molecule has 0 aromatic heterocycles. The highest BCUT2D eigenvalue weighted by atomic mass is 15.1. The average molecular weight is 274 g/mol. The van der Waals surface area contributed by atoms with E-state index in [0.29, 0.717) is 6.04 Å². The third-order valence-electron chi connectivity index (χ3n) is 4.52. The molecule has 112 valence electrons. The van der Waals surface area contributed by atoms with Crippen LogP contribution in [-0.2, 0) is 0 Å². The molecule has 2 heteroatoms. The lowest BCUT2D eigenvalue weighted by Gasteiger charge is -2.31. The molecular formula is C18H30N2. The van der Waals surface area contributed by atoms with Gasteiger partial charge < -0.3 is 10.2 Å². The lowest BCUT2D eigenvalue weighted by Crippen LogP contribution is -2.32. The number of nitrogens with one attached hydrogen (secondary N) is 1. The zero-order valence-corrected chi connectivity index (χ0v) is 13.4. The SMILES string of the molecule is CCNC(CCN(C)CC1CCC1)c1ccc(C)cc1. The maximum Gasteiger partial charge on any atom is 0.0332 e. The summed E-state index contributed by atoms with van der Waals surface area (Å²) >= 11 is 0.